The summed E-state index contributed by atoms with van der Waals surface area (Å²) in [5.74, 6) is -3.06. The van der Waals surface area contributed by atoms with E-state index in [9.17, 15) is 19.2 Å². The second-order valence-electron chi connectivity index (χ2n) is 6.19. The van der Waals surface area contributed by atoms with Crippen LogP contribution in [-0.2, 0) is 16.1 Å². The van der Waals surface area contributed by atoms with Crippen molar-refractivity contribution >= 4 is 28.4 Å². The molecule has 0 fully saturated rings. The van der Waals surface area contributed by atoms with Crippen LogP contribution in [0.3, 0.4) is 0 Å². The van der Waals surface area contributed by atoms with Gasteiger partial charge in [-0.2, -0.15) is 0 Å². The number of para-hydroxylation sites is 1. The zero-order valence-electron chi connectivity index (χ0n) is 15.0. The first-order valence-corrected chi connectivity index (χ1v) is 8.45. The van der Waals surface area contributed by atoms with Gasteiger partial charge in [0.1, 0.15) is 5.75 Å². The Morgan fingerprint density at radius 3 is 2.36 bits per heavy atom. The van der Waals surface area contributed by atoms with Crippen LogP contribution in [0.5, 0.6) is 5.75 Å². The molecule has 0 aliphatic carbocycles. The molecule has 28 heavy (non-hydrogen) atoms. The van der Waals surface area contributed by atoms with Crippen molar-refractivity contribution in [1.82, 2.24) is 4.57 Å². The van der Waals surface area contributed by atoms with Gasteiger partial charge in [0.15, 0.2) is 11.2 Å². The molecule has 0 radical (unpaired) electrons. The molecular weight excluding hydrogens is 362 g/mol. The Morgan fingerprint density at radius 1 is 1.04 bits per heavy atom. The maximum absolute atomic E-state index is 12.7. The summed E-state index contributed by atoms with van der Waals surface area (Å²) in [6.45, 7) is 0.373. The van der Waals surface area contributed by atoms with Gasteiger partial charge in [0.25, 0.3) is 0 Å². The molecule has 3 aromatic rings. The van der Waals surface area contributed by atoms with E-state index in [4.69, 9.17) is 9.84 Å². The Kier molecular flexibility index (Phi) is 5.35. The molecule has 2 aromatic carbocycles. The number of fused-ring (bicyclic) bond motifs is 1. The molecule has 0 aliphatic heterocycles. The van der Waals surface area contributed by atoms with Crippen molar-refractivity contribution in [1.29, 1.82) is 0 Å². The molecule has 1 N–H and O–H groups in total. The highest BCUT2D eigenvalue weighted by Gasteiger charge is 2.21. The summed E-state index contributed by atoms with van der Waals surface area (Å²) in [4.78, 5) is 47.2. The lowest BCUT2D eigenvalue weighted by Gasteiger charge is -2.13. The number of carbonyl (C=O) groups excluding carboxylic acids is 2. The molecule has 0 unspecified atom stereocenters. The van der Waals surface area contributed by atoms with Crippen LogP contribution in [0.15, 0.2) is 59.5 Å². The average Bonchev–Trinajstić information content (AvgIpc) is 2.70. The maximum atomic E-state index is 12.7. The van der Waals surface area contributed by atoms with Gasteiger partial charge in [-0.3, -0.25) is 14.4 Å². The van der Waals surface area contributed by atoms with Gasteiger partial charge in [0.2, 0.25) is 5.78 Å². The van der Waals surface area contributed by atoms with E-state index in [1.54, 1.807) is 48.1 Å². The van der Waals surface area contributed by atoms with E-state index in [2.05, 4.69) is 0 Å². The molecule has 0 spiro atoms. The summed E-state index contributed by atoms with van der Waals surface area (Å²) >= 11 is 0. The van der Waals surface area contributed by atoms with Gasteiger partial charge in [-0.1, -0.05) is 24.3 Å². The number of pyridine rings is 1. The first-order chi connectivity index (χ1) is 13.4. The quantitative estimate of drug-likeness (QED) is 0.384. The summed E-state index contributed by atoms with van der Waals surface area (Å²) in [6.07, 6.45) is 0.526. The third kappa shape index (κ3) is 3.83. The van der Waals surface area contributed by atoms with Gasteiger partial charge in [-0.25, -0.2) is 4.79 Å². The van der Waals surface area contributed by atoms with Crippen molar-refractivity contribution in [2.24, 2.45) is 0 Å². The Hall–Kier alpha value is -3.74. The molecule has 1 aromatic heterocycles. The van der Waals surface area contributed by atoms with Crippen LogP contribution in [0.25, 0.3) is 10.9 Å². The van der Waals surface area contributed by atoms with Crippen LogP contribution >= 0.6 is 0 Å². The fourth-order valence-electron chi connectivity index (χ4n) is 2.92. The Labute approximate surface area is 159 Å². The third-order valence-corrected chi connectivity index (χ3v) is 4.36. The van der Waals surface area contributed by atoms with Gasteiger partial charge in [-0.15, -0.1) is 0 Å². The fourth-order valence-corrected chi connectivity index (χ4v) is 2.92. The number of ketones is 2. The molecule has 0 saturated heterocycles. The predicted octanol–water partition coefficient (Wildman–Crippen LogP) is 2.28. The van der Waals surface area contributed by atoms with Crippen molar-refractivity contribution in [3.8, 4) is 5.75 Å². The summed E-state index contributed by atoms with van der Waals surface area (Å²) in [7, 11) is 1.57. The molecule has 0 saturated carbocycles. The smallest absolute Gasteiger partial charge is 0.372 e. The summed E-state index contributed by atoms with van der Waals surface area (Å²) < 4.78 is 6.87. The summed E-state index contributed by atoms with van der Waals surface area (Å²) in [5.41, 5.74) is 0.811. The van der Waals surface area contributed by atoms with E-state index in [0.717, 1.165) is 5.56 Å². The van der Waals surface area contributed by atoms with E-state index in [0.29, 0.717) is 23.2 Å². The Bertz CT molecular complexity index is 1130. The van der Waals surface area contributed by atoms with E-state index in [1.807, 2.05) is 12.1 Å². The Balaban J connectivity index is 2.07. The number of benzene rings is 2. The molecule has 1 heterocycles. The number of ether oxygens (including phenoxy) is 1. The van der Waals surface area contributed by atoms with Crippen LogP contribution in [0.1, 0.15) is 22.3 Å². The van der Waals surface area contributed by atoms with E-state index in [1.165, 1.54) is 6.20 Å². The lowest BCUT2D eigenvalue weighted by atomic mass is 10.0. The first-order valence-electron chi connectivity index (χ1n) is 8.45. The number of aliphatic carboxylic acids is 1. The highest BCUT2D eigenvalue weighted by atomic mass is 16.5. The number of nitrogens with zero attached hydrogens (tertiary/aromatic N) is 1. The number of carboxylic acids is 1. The first kappa shape index (κ1) is 19.0. The van der Waals surface area contributed by atoms with Crippen molar-refractivity contribution < 1.29 is 24.2 Å². The number of carboxylic acid groups (broad SMARTS) is 1. The van der Waals surface area contributed by atoms with Gasteiger partial charge in [0, 0.05) is 18.1 Å². The van der Waals surface area contributed by atoms with Crippen LogP contribution < -0.4 is 10.2 Å². The largest absolute Gasteiger partial charge is 0.497 e. The van der Waals surface area contributed by atoms with Crippen molar-refractivity contribution in [2.75, 3.05) is 7.11 Å². The minimum absolute atomic E-state index is 0.207. The zero-order chi connectivity index (χ0) is 20.3. The fraction of sp³-hybridized carbons (Fsp3) is 0.143. The topological polar surface area (TPSA) is 103 Å². The van der Waals surface area contributed by atoms with Crippen LogP contribution in [0, 0.1) is 0 Å². The normalized spacial score (nSPS) is 10.6. The maximum Gasteiger partial charge on any atom is 0.372 e. The summed E-state index contributed by atoms with van der Waals surface area (Å²) in [5, 5.41) is 9.04. The summed E-state index contributed by atoms with van der Waals surface area (Å²) in [6, 6.07) is 14.1. The number of rotatable bonds is 7. The van der Waals surface area contributed by atoms with Crippen molar-refractivity contribution in [2.45, 2.75) is 13.0 Å². The van der Waals surface area contributed by atoms with Crippen LogP contribution in [0.2, 0.25) is 0 Å². The van der Waals surface area contributed by atoms with Gasteiger partial charge in [0.05, 0.1) is 24.6 Å². The molecule has 7 heteroatoms. The molecule has 142 valence electrons. The highest BCUT2D eigenvalue weighted by Crippen LogP contribution is 2.17. The van der Waals surface area contributed by atoms with Crippen LogP contribution in [-0.4, -0.2) is 34.3 Å². The lowest BCUT2D eigenvalue weighted by Crippen LogP contribution is -2.23. The van der Waals surface area contributed by atoms with Gasteiger partial charge in [-0.05, 0) is 29.8 Å². The lowest BCUT2D eigenvalue weighted by molar-refractivity contribution is -0.148. The SMILES string of the molecule is COc1ccc(Cn2cc(C(=O)CC(=O)C(=O)O)c(=O)c3ccccc32)cc1. The molecule has 7 nitrogen and oxygen atoms in total. The van der Waals surface area contributed by atoms with Gasteiger partial charge < -0.3 is 14.4 Å². The van der Waals surface area contributed by atoms with Crippen molar-refractivity contribution in [3.63, 3.8) is 0 Å². The Morgan fingerprint density at radius 2 is 1.71 bits per heavy atom. The van der Waals surface area contributed by atoms with Crippen LogP contribution in [0.4, 0.5) is 0 Å². The highest BCUT2D eigenvalue weighted by molar-refractivity contribution is 6.37. The molecule has 3 rings (SSSR count). The molecule has 0 amide bonds. The second kappa shape index (κ2) is 7.87. The minimum Gasteiger partial charge on any atom is -0.497 e. The molecule has 0 bridgehead atoms. The number of carbonyl (C=O) groups is 3. The van der Waals surface area contributed by atoms with Crippen molar-refractivity contribution in [3.05, 3.63) is 76.1 Å². The average molecular weight is 379 g/mol. The van der Waals surface area contributed by atoms with E-state index >= 15 is 0 Å². The monoisotopic (exact) mass is 379 g/mol. The van der Waals surface area contributed by atoms with E-state index < -0.39 is 29.4 Å². The number of hydrogen-bond acceptors (Lipinski definition) is 5. The molecule has 0 aliphatic rings. The molecule has 0 atom stereocenters. The third-order valence-electron chi connectivity index (χ3n) is 4.36. The number of Topliss-reactive ketones (excluding diaryl/α,β-unsaturated/α-hetero) is 2. The second-order valence-corrected chi connectivity index (χ2v) is 6.19. The molecular formula is C21H17NO6. The number of aromatic nitrogens is 1. The standard InChI is InChI=1S/C21H17NO6/c1-28-14-8-6-13(7-9-14)11-22-12-16(18(23)10-19(24)21(26)27)20(25)15-4-2-3-5-17(15)22/h2-9,12H,10-11H2,1H3,(H,26,27). The minimum atomic E-state index is -1.70. The predicted molar refractivity (Wildman–Crippen MR) is 102 cm³/mol. The zero-order valence-corrected chi connectivity index (χ0v) is 15.0. The number of hydrogen-bond donors (Lipinski definition) is 1. The van der Waals surface area contributed by atoms with E-state index in [-0.39, 0.29) is 5.56 Å². The van der Waals surface area contributed by atoms with Gasteiger partial charge >= 0.3 is 5.97 Å². The number of methoxy groups -OCH3 is 1.